The Balaban J connectivity index is 1.37. The quantitative estimate of drug-likeness (QED) is 0.283. The van der Waals surface area contributed by atoms with Crippen LogP contribution in [0.25, 0.3) is 11.4 Å². The van der Waals surface area contributed by atoms with E-state index in [1.54, 1.807) is 23.1 Å². The number of para-hydroxylation sites is 2. The summed E-state index contributed by atoms with van der Waals surface area (Å²) in [5.74, 6) is 0.976. The van der Waals surface area contributed by atoms with Crippen LogP contribution < -0.4 is 4.90 Å². The third-order valence-electron chi connectivity index (χ3n) is 5.49. The molecule has 9 nitrogen and oxygen atoms in total. The first-order valence-corrected chi connectivity index (χ1v) is 11.9. The van der Waals surface area contributed by atoms with Gasteiger partial charge in [0, 0.05) is 49.4 Å². The predicted octanol–water partition coefficient (Wildman–Crippen LogP) is 3.97. The van der Waals surface area contributed by atoms with Crippen LogP contribution in [-0.2, 0) is 11.3 Å². The molecule has 2 aromatic carbocycles. The summed E-state index contributed by atoms with van der Waals surface area (Å²) in [7, 11) is 0. The van der Waals surface area contributed by atoms with Crippen molar-refractivity contribution in [3.63, 3.8) is 0 Å². The molecule has 0 N–H and O–H groups in total. The number of rotatable bonds is 7. The van der Waals surface area contributed by atoms with E-state index >= 15 is 0 Å². The van der Waals surface area contributed by atoms with Crippen LogP contribution >= 0.6 is 23.4 Å². The van der Waals surface area contributed by atoms with E-state index < -0.39 is 0 Å². The van der Waals surface area contributed by atoms with E-state index in [0.29, 0.717) is 54.4 Å². The van der Waals surface area contributed by atoms with Crippen molar-refractivity contribution in [2.75, 3.05) is 36.8 Å². The molecule has 3 aromatic rings. The van der Waals surface area contributed by atoms with Crippen molar-refractivity contribution in [2.45, 2.75) is 18.6 Å². The number of nitrogens with zero attached hydrogens (tertiary/aromatic N) is 6. The normalized spacial score (nSPS) is 13.9. The maximum Gasteiger partial charge on any atom is 0.292 e. The molecule has 0 radical (unpaired) electrons. The van der Waals surface area contributed by atoms with Gasteiger partial charge >= 0.3 is 0 Å². The van der Waals surface area contributed by atoms with E-state index in [0.717, 1.165) is 5.56 Å². The van der Waals surface area contributed by atoms with Crippen molar-refractivity contribution in [1.82, 2.24) is 19.7 Å². The van der Waals surface area contributed by atoms with Gasteiger partial charge < -0.3 is 14.4 Å². The largest absolute Gasteiger partial charge is 0.362 e. The summed E-state index contributed by atoms with van der Waals surface area (Å²) in [6.07, 6.45) is 0. The molecule has 0 aliphatic carbocycles. The second kappa shape index (κ2) is 10.2. The van der Waals surface area contributed by atoms with Crippen molar-refractivity contribution in [1.29, 1.82) is 0 Å². The van der Waals surface area contributed by atoms with Crippen LogP contribution in [0, 0.1) is 10.1 Å². The minimum atomic E-state index is -0.370. The van der Waals surface area contributed by atoms with Gasteiger partial charge in [0.1, 0.15) is 5.69 Å². The van der Waals surface area contributed by atoms with Crippen LogP contribution in [0.2, 0.25) is 5.02 Å². The van der Waals surface area contributed by atoms with Crippen molar-refractivity contribution < 1.29 is 9.72 Å². The van der Waals surface area contributed by atoms with Crippen LogP contribution in [0.3, 0.4) is 0 Å². The van der Waals surface area contributed by atoms with Crippen LogP contribution in [0.4, 0.5) is 11.4 Å². The van der Waals surface area contributed by atoms with E-state index in [-0.39, 0.29) is 22.3 Å². The highest BCUT2D eigenvalue weighted by atomic mass is 35.5. The average molecular weight is 487 g/mol. The van der Waals surface area contributed by atoms with Crippen LogP contribution in [0.1, 0.15) is 6.92 Å². The fourth-order valence-corrected chi connectivity index (χ4v) is 4.92. The lowest BCUT2D eigenvalue weighted by atomic mass is 10.2. The fraction of sp³-hybridized carbons (Fsp3) is 0.318. The van der Waals surface area contributed by atoms with Crippen molar-refractivity contribution in [3.8, 4) is 11.4 Å². The third-order valence-corrected chi connectivity index (χ3v) is 6.68. The molecule has 4 rings (SSSR count). The first kappa shape index (κ1) is 23.1. The van der Waals surface area contributed by atoms with Gasteiger partial charge in [0.2, 0.25) is 5.91 Å². The highest BCUT2D eigenvalue weighted by molar-refractivity contribution is 7.99. The summed E-state index contributed by atoms with van der Waals surface area (Å²) >= 11 is 7.47. The van der Waals surface area contributed by atoms with Gasteiger partial charge in [-0.25, -0.2) is 0 Å². The highest BCUT2D eigenvalue weighted by Gasteiger charge is 2.26. The number of hydrogen-bond acceptors (Lipinski definition) is 7. The maximum atomic E-state index is 12.8. The van der Waals surface area contributed by atoms with Gasteiger partial charge in [-0.15, -0.1) is 10.2 Å². The van der Waals surface area contributed by atoms with Gasteiger partial charge in [0.25, 0.3) is 5.69 Å². The summed E-state index contributed by atoms with van der Waals surface area (Å²) in [5.41, 5.74) is 1.55. The Morgan fingerprint density at radius 1 is 1.12 bits per heavy atom. The van der Waals surface area contributed by atoms with Crippen LogP contribution in [0.15, 0.2) is 53.7 Å². The molecule has 1 aromatic heterocycles. The number of thioether (sulfide) groups is 1. The van der Waals surface area contributed by atoms with E-state index in [4.69, 9.17) is 11.6 Å². The summed E-state index contributed by atoms with van der Waals surface area (Å²) in [4.78, 5) is 27.5. The van der Waals surface area contributed by atoms with Gasteiger partial charge in [-0.1, -0.05) is 47.6 Å². The Hall–Kier alpha value is -3.11. The summed E-state index contributed by atoms with van der Waals surface area (Å²) in [5, 5.41) is 21.2. The van der Waals surface area contributed by atoms with E-state index in [1.807, 2.05) is 40.7 Å². The Labute approximate surface area is 200 Å². The standard InChI is InChI=1S/C22H23ClN6O3S/c1-2-28-21(16-6-5-7-17(23)14-16)24-25-22(28)33-15-20(30)27-12-10-26(11-13-27)18-8-3-4-9-19(18)29(31)32/h3-9,14H,2,10-13,15H2,1H3. The fourth-order valence-electron chi connectivity index (χ4n) is 3.82. The molecule has 11 heteroatoms. The Morgan fingerprint density at radius 3 is 2.58 bits per heavy atom. The van der Waals surface area contributed by atoms with Crippen molar-refractivity contribution in [3.05, 3.63) is 63.7 Å². The number of carbonyl (C=O) groups excluding carboxylic acids is 1. The predicted molar refractivity (Wildman–Crippen MR) is 129 cm³/mol. The van der Waals surface area contributed by atoms with Crippen LogP contribution in [-0.4, -0.2) is 62.4 Å². The minimum Gasteiger partial charge on any atom is -0.362 e. The molecule has 1 saturated heterocycles. The molecule has 1 aliphatic heterocycles. The molecule has 0 spiro atoms. The first-order chi connectivity index (χ1) is 16.0. The van der Waals surface area contributed by atoms with Gasteiger partial charge in [-0.05, 0) is 25.1 Å². The molecule has 0 atom stereocenters. The number of aromatic nitrogens is 3. The monoisotopic (exact) mass is 486 g/mol. The Morgan fingerprint density at radius 2 is 1.88 bits per heavy atom. The van der Waals surface area contributed by atoms with Gasteiger partial charge in [-0.2, -0.15) is 0 Å². The molecule has 1 amide bonds. The van der Waals surface area contributed by atoms with Gasteiger partial charge in [0.15, 0.2) is 11.0 Å². The van der Waals surface area contributed by atoms with E-state index in [2.05, 4.69) is 10.2 Å². The topological polar surface area (TPSA) is 97.4 Å². The second-order valence-electron chi connectivity index (χ2n) is 7.46. The lowest BCUT2D eigenvalue weighted by molar-refractivity contribution is -0.384. The SMILES string of the molecule is CCn1c(SCC(=O)N2CCN(c3ccccc3[N+](=O)[O-])CC2)nnc1-c1cccc(Cl)c1. The van der Waals surface area contributed by atoms with E-state index in [1.165, 1.54) is 17.8 Å². The number of piperazine rings is 1. The Kier molecular flexibility index (Phi) is 7.14. The lowest BCUT2D eigenvalue weighted by Gasteiger charge is -2.35. The summed E-state index contributed by atoms with van der Waals surface area (Å²) in [6.45, 7) is 4.79. The molecule has 0 saturated carbocycles. The molecule has 0 unspecified atom stereocenters. The number of halogens is 1. The second-order valence-corrected chi connectivity index (χ2v) is 8.84. The summed E-state index contributed by atoms with van der Waals surface area (Å²) < 4.78 is 1.97. The number of benzene rings is 2. The number of nitro benzene ring substituents is 1. The molecule has 0 bridgehead atoms. The van der Waals surface area contributed by atoms with Crippen molar-refractivity contribution >= 4 is 40.6 Å². The summed E-state index contributed by atoms with van der Waals surface area (Å²) in [6, 6.07) is 14.1. The maximum absolute atomic E-state index is 12.8. The van der Waals surface area contributed by atoms with Crippen molar-refractivity contribution in [2.24, 2.45) is 0 Å². The van der Waals surface area contributed by atoms with Gasteiger partial charge in [0.05, 0.1) is 10.7 Å². The zero-order valence-corrected chi connectivity index (χ0v) is 19.6. The van der Waals surface area contributed by atoms with Crippen LogP contribution in [0.5, 0.6) is 0 Å². The molecular formula is C22H23ClN6O3S. The highest BCUT2D eigenvalue weighted by Crippen LogP contribution is 2.29. The van der Waals surface area contributed by atoms with Gasteiger partial charge in [-0.3, -0.25) is 14.9 Å². The zero-order valence-electron chi connectivity index (χ0n) is 18.1. The molecule has 1 fully saturated rings. The number of carbonyl (C=O) groups is 1. The number of amides is 1. The molecule has 1 aliphatic rings. The third kappa shape index (κ3) is 5.12. The molecule has 33 heavy (non-hydrogen) atoms. The Bertz CT molecular complexity index is 1160. The number of nitro groups is 1. The molecule has 2 heterocycles. The number of anilines is 1. The number of hydrogen-bond donors (Lipinski definition) is 0. The minimum absolute atomic E-state index is 0.0113. The van der Waals surface area contributed by atoms with E-state index in [9.17, 15) is 14.9 Å². The average Bonchev–Trinajstić information content (AvgIpc) is 3.25. The molecular weight excluding hydrogens is 464 g/mol. The molecule has 172 valence electrons. The first-order valence-electron chi connectivity index (χ1n) is 10.6. The lowest BCUT2D eigenvalue weighted by Crippen LogP contribution is -2.49. The smallest absolute Gasteiger partial charge is 0.292 e. The zero-order chi connectivity index (χ0) is 23.4.